The summed E-state index contributed by atoms with van der Waals surface area (Å²) in [5, 5.41) is 0. The molecule has 98 valence electrons. The Balaban J connectivity index is 0.000000302. The molecule has 0 radical (unpaired) electrons. The van der Waals surface area contributed by atoms with Crippen LogP contribution in [0.4, 0.5) is 11.4 Å². The minimum atomic E-state index is -5.36. The molecule has 0 aliphatic heterocycles. The Hall–Kier alpha value is -0.600. The van der Waals surface area contributed by atoms with E-state index < -0.39 is 15.6 Å². The van der Waals surface area contributed by atoms with Gasteiger partial charge in [0.2, 0.25) is 0 Å². The van der Waals surface area contributed by atoms with Gasteiger partial charge in [-0.05, 0) is 0 Å². The van der Waals surface area contributed by atoms with Crippen molar-refractivity contribution in [1.82, 2.24) is 0 Å². The van der Waals surface area contributed by atoms with E-state index >= 15 is 0 Å². The summed E-state index contributed by atoms with van der Waals surface area (Å²) >= 11 is 0. The second-order valence-electron chi connectivity index (χ2n) is 2.79. The van der Waals surface area contributed by atoms with Crippen LogP contribution in [0.3, 0.4) is 0 Å². The molecule has 0 heterocycles. The summed E-state index contributed by atoms with van der Waals surface area (Å²) in [5.41, 5.74) is 9.53. The Bertz CT molecular complexity index is 412. The molecule has 1 aromatic carbocycles. The van der Waals surface area contributed by atoms with Crippen molar-refractivity contribution in [1.29, 1.82) is 0 Å². The van der Waals surface area contributed by atoms with E-state index in [1.54, 1.807) is 0 Å². The molecule has 17 heavy (non-hydrogen) atoms. The minimum Gasteiger partial charge on any atom is -0.756 e. The second kappa shape index (κ2) is 6.36. The van der Waals surface area contributed by atoms with Crippen molar-refractivity contribution in [2.24, 2.45) is 0 Å². The molecule has 0 fully saturated rings. The van der Waals surface area contributed by atoms with Crippen molar-refractivity contribution in [3.63, 3.8) is 0 Å². The highest BCUT2D eigenvalue weighted by atomic mass is 31.3. The van der Waals surface area contributed by atoms with Crippen LogP contribution in [0.25, 0.3) is 0 Å². The van der Waals surface area contributed by atoms with Gasteiger partial charge in [0.05, 0.1) is 0 Å². The summed E-state index contributed by atoms with van der Waals surface area (Å²) < 4.78 is 21.7. The molecule has 0 bridgehead atoms. The summed E-state index contributed by atoms with van der Waals surface area (Å²) in [5.74, 6) is 0. The summed E-state index contributed by atoms with van der Waals surface area (Å²) in [6.07, 6.45) is 0. The van der Waals surface area contributed by atoms with Crippen LogP contribution in [0.15, 0.2) is 24.3 Å². The standard InChI is InChI=1S/C6H8N2.H4O7P2/c7-5-3-1-2-4-6(5)8;1-8(2,3)7-9(4,5)6/h1-4H,7-8H2;(H2,1,2,3)(H2,4,5,6). The number of phosphoric acid groups is 2. The van der Waals surface area contributed by atoms with Gasteiger partial charge in [0.1, 0.15) is 0 Å². The third-order valence-corrected chi connectivity index (χ3v) is 2.98. The van der Waals surface area contributed by atoms with E-state index in [4.69, 9.17) is 9.79 Å². The van der Waals surface area contributed by atoms with Crippen molar-refractivity contribution < 1.29 is 44.5 Å². The molecule has 0 spiro atoms. The first kappa shape index (κ1) is 16.4. The molecule has 0 saturated carbocycles. The predicted octanol–water partition coefficient (Wildman–Crippen LogP) is -2.64. The van der Waals surface area contributed by atoms with Gasteiger partial charge in [-0.3, -0.25) is 9.13 Å². The van der Waals surface area contributed by atoms with Crippen LogP contribution in [0.2, 0.25) is 0 Å². The number of hydrogen-bond acceptors (Lipinski definition) is 5. The maximum atomic E-state index is 9.48. The van der Waals surface area contributed by atoms with E-state index in [1.165, 1.54) is 0 Å². The van der Waals surface area contributed by atoms with Crippen LogP contribution in [0.5, 0.6) is 0 Å². The second-order valence-corrected chi connectivity index (χ2v) is 5.31. The Morgan fingerprint density at radius 3 is 1.41 bits per heavy atom. The van der Waals surface area contributed by atoms with E-state index in [9.17, 15) is 18.9 Å². The molecule has 0 saturated heterocycles. The van der Waals surface area contributed by atoms with Gasteiger partial charge in [-0.2, -0.15) is 0 Å². The first-order chi connectivity index (χ1) is 7.51. The highest BCUT2D eigenvalue weighted by Crippen LogP contribution is 2.48. The maximum Gasteiger partial charge on any atom is 0.271 e. The molecule has 1 rings (SSSR count). The van der Waals surface area contributed by atoms with Crippen LogP contribution in [0, 0.1) is 0 Å². The minimum absolute atomic E-state index is 1.01. The van der Waals surface area contributed by atoms with Gasteiger partial charge in [0.25, 0.3) is 15.6 Å². The van der Waals surface area contributed by atoms with E-state index in [0.29, 0.717) is 0 Å². The SMILES string of the molecule is O=P([O-])(O)OP(=O)([O-])O.[NH3+]c1ccccc1[NH3+]. The molecule has 1 aromatic rings. The van der Waals surface area contributed by atoms with Gasteiger partial charge in [-0.15, -0.1) is 0 Å². The van der Waals surface area contributed by atoms with E-state index in [1.807, 2.05) is 24.3 Å². The molecular formula is C6H12N2O7P2. The van der Waals surface area contributed by atoms with Crippen molar-refractivity contribution in [2.45, 2.75) is 0 Å². The smallest absolute Gasteiger partial charge is 0.271 e. The third-order valence-electron chi connectivity index (χ3n) is 1.32. The molecule has 0 amide bonds. The molecule has 0 aliphatic carbocycles. The molecule has 11 heteroatoms. The lowest BCUT2D eigenvalue weighted by atomic mass is 10.3. The van der Waals surface area contributed by atoms with Gasteiger partial charge in [-0.1, -0.05) is 12.1 Å². The van der Waals surface area contributed by atoms with Crippen molar-refractivity contribution in [3.05, 3.63) is 24.3 Å². The Kier molecular flexibility index (Phi) is 6.14. The number of hydrogen-bond donors (Lipinski definition) is 4. The average molecular weight is 286 g/mol. The van der Waals surface area contributed by atoms with E-state index in [-0.39, 0.29) is 0 Å². The zero-order valence-electron chi connectivity index (χ0n) is 8.55. The van der Waals surface area contributed by atoms with Crippen molar-refractivity contribution in [2.75, 3.05) is 0 Å². The van der Waals surface area contributed by atoms with Gasteiger partial charge >= 0.3 is 0 Å². The summed E-state index contributed by atoms with van der Waals surface area (Å²) in [6.45, 7) is 0. The fourth-order valence-corrected chi connectivity index (χ4v) is 1.73. The maximum absolute atomic E-state index is 9.48. The largest absolute Gasteiger partial charge is 0.756 e. The highest BCUT2D eigenvalue weighted by Gasteiger charge is 2.10. The Labute approximate surface area is 96.5 Å². The molecule has 2 unspecified atom stereocenters. The van der Waals surface area contributed by atoms with E-state index in [2.05, 4.69) is 15.8 Å². The Morgan fingerprint density at radius 2 is 1.29 bits per heavy atom. The van der Waals surface area contributed by atoms with Crippen LogP contribution in [0.1, 0.15) is 0 Å². The first-order valence-corrected chi connectivity index (χ1v) is 7.02. The highest BCUT2D eigenvalue weighted by molar-refractivity contribution is 7.58. The summed E-state index contributed by atoms with van der Waals surface area (Å²) in [4.78, 5) is 34.1. The normalized spacial score (nSPS) is 17.3. The van der Waals surface area contributed by atoms with Crippen LogP contribution in [-0.2, 0) is 13.4 Å². The zero-order chi connectivity index (χ0) is 13.7. The molecule has 9 nitrogen and oxygen atoms in total. The van der Waals surface area contributed by atoms with Crippen molar-refractivity contribution in [3.8, 4) is 0 Å². The topological polar surface area (TPSA) is 185 Å². The van der Waals surface area contributed by atoms with Crippen LogP contribution in [-0.4, -0.2) is 9.79 Å². The lowest BCUT2D eigenvalue weighted by Gasteiger charge is -2.22. The molecule has 0 aliphatic rings. The lowest BCUT2D eigenvalue weighted by molar-refractivity contribution is -0.299. The van der Waals surface area contributed by atoms with Crippen LogP contribution < -0.4 is 21.3 Å². The Morgan fingerprint density at radius 1 is 1.00 bits per heavy atom. The quantitative estimate of drug-likeness (QED) is 0.427. The molecule has 0 aromatic heterocycles. The third kappa shape index (κ3) is 10.3. The number of quaternary nitrogens is 2. The number of rotatable bonds is 2. The zero-order valence-corrected chi connectivity index (χ0v) is 10.3. The van der Waals surface area contributed by atoms with Gasteiger partial charge < -0.3 is 31.0 Å². The van der Waals surface area contributed by atoms with Gasteiger partial charge in [-0.25, -0.2) is 4.31 Å². The lowest BCUT2D eigenvalue weighted by Crippen LogP contribution is -2.49. The fraction of sp³-hybridized carbons (Fsp3) is 0. The predicted molar refractivity (Wildman–Crippen MR) is 52.3 cm³/mol. The summed E-state index contributed by atoms with van der Waals surface area (Å²) in [6, 6.07) is 7.80. The molecule has 8 N–H and O–H groups in total. The van der Waals surface area contributed by atoms with Crippen molar-refractivity contribution >= 4 is 27.0 Å². The average Bonchev–Trinajstić information content (AvgIpc) is 2.04. The van der Waals surface area contributed by atoms with Gasteiger partial charge in [0.15, 0.2) is 11.4 Å². The monoisotopic (exact) mass is 286 g/mol. The van der Waals surface area contributed by atoms with Gasteiger partial charge in [0, 0.05) is 12.1 Å². The first-order valence-electron chi connectivity index (χ1n) is 4.03. The molecular weight excluding hydrogens is 274 g/mol. The molecule has 2 atom stereocenters. The van der Waals surface area contributed by atoms with E-state index in [0.717, 1.165) is 11.4 Å². The van der Waals surface area contributed by atoms with Crippen LogP contribution >= 0.6 is 15.6 Å². The number of benzene rings is 1. The summed E-state index contributed by atoms with van der Waals surface area (Å²) in [7, 11) is -10.7. The fourth-order valence-electron chi connectivity index (χ4n) is 0.688.